The molecule has 1 aromatic carbocycles. The third-order valence-electron chi connectivity index (χ3n) is 6.40. The van der Waals surface area contributed by atoms with Gasteiger partial charge in [-0.15, -0.1) is 0 Å². The minimum absolute atomic E-state index is 0.0283. The van der Waals surface area contributed by atoms with Crippen molar-refractivity contribution >= 4 is 17.3 Å². The Bertz CT molecular complexity index is 949. The first-order valence-electron chi connectivity index (χ1n) is 10.5. The predicted octanol–water partition coefficient (Wildman–Crippen LogP) is 5.13. The van der Waals surface area contributed by atoms with Crippen molar-refractivity contribution in [3.8, 4) is 0 Å². The van der Waals surface area contributed by atoms with E-state index >= 15 is 0 Å². The standard InChI is InChI=1S/C24H27NO3S/c1-4-27-24(26)17-10-19(16-8-9-29-13-16)25-21(12-17)28-20-11-15-6-5-7-18(14(2)3)22(15)23(20)25/h5-10,13-14,19-21,23H,4,11-12H2,1-3H3/t19-,20+,21+,23+/m0/s1. The van der Waals surface area contributed by atoms with Gasteiger partial charge in [-0.1, -0.05) is 38.1 Å². The van der Waals surface area contributed by atoms with Crippen molar-refractivity contribution in [3.05, 3.63) is 68.9 Å². The van der Waals surface area contributed by atoms with Gasteiger partial charge in [-0.2, -0.15) is 11.3 Å². The summed E-state index contributed by atoms with van der Waals surface area (Å²) in [6.45, 7) is 6.78. The first kappa shape index (κ1) is 19.0. The highest BCUT2D eigenvalue weighted by molar-refractivity contribution is 7.08. The van der Waals surface area contributed by atoms with E-state index < -0.39 is 0 Å². The fourth-order valence-electron chi connectivity index (χ4n) is 5.23. The second-order valence-corrected chi connectivity index (χ2v) is 9.20. The molecule has 4 nitrogen and oxygen atoms in total. The largest absolute Gasteiger partial charge is 0.463 e. The molecule has 0 bridgehead atoms. The molecular weight excluding hydrogens is 382 g/mol. The van der Waals surface area contributed by atoms with E-state index in [9.17, 15) is 4.79 Å². The van der Waals surface area contributed by atoms with Gasteiger partial charge in [-0.25, -0.2) is 4.79 Å². The van der Waals surface area contributed by atoms with Crippen LogP contribution in [0.2, 0.25) is 0 Å². The van der Waals surface area contributed by atoms with Crippen LogP contribution in [0.1, 0.15) is 67.4 Å². The summed E-state index contributed by atoms with van der Waals surface area (Å²) in [6, 6.07) is 9.12. The van der Waals surface area contributed by atoms with E-state index in [1.54, 1.807) is 11.3 Å². The molecule has 0 saturated carbocycles. The number of thiophene rings is 1. The molecule has 2 aromatic rings. The van der Waals surface area contributed by atoms with E-state index in [4.69, 9.17) is 9.47 Å². The summed E-state index contributed by atoms with van der Waals surface area (Å²) in [7, 11) is 0. The molecule has 1 fully saturated rings. The van der Waals surface area contributed by atoms with Crippen LogP contribution in [0.15, 0.2) is 46.7 Å². The van der Waals surface area contributed by atoms with Gasteiger partial charge in [0, 0.05) is 18.4 Å². The van der Waals surface area contributed by atoms with E-state index in [2.05, 4.69) is 59.8 Å². The van der Waals surface area contributed by atoms with Gasteiger partial charge in [-0.3, -0.25) is 4.90 Å². The number of fused-ring (bicyclic) bond motifs is 5. The van der Waals surface area contributed by atoms with Crippen molar-refractivity contribution < 1.29 is 14.3 Å². The number of nitrogens with zero attached hydrogens (tertiary/aromatic N) is 1. The molecule has 1 aromatic heterocycles. The van der Waals surface area contributed by atoms with Gasteiger partial charge in [0.15, 0.2) is 0 Å². The highest BCUT2D eigenvalue weighted by Gasteiger charge is 2.52. The molecule has 0 radical (unpaired) electrons. The Morgan fingerprint density at radius 1 is 1.31 bits per heavy atom. The summed E-state index contributed by atoms with van der Waals surface area (Å²) < 4.78 is 11.9. The van der Waals surface area contributed by atoms with Gasteiger partial charge in [0.2, 0.25) is 0 Å². The molecule has 0 N–H and O–H groups in total. The highest BCUT2D eigenvalue weighted by Crippen LogP contribution is 2.53. The van der Waals surface area contributed by atoms with E-state index in [1.165, 1.54) is 22.3 Å². The normalized spacial score (nSPS) is 28.1. The summed E-state index contributed by atoms with van der Waals surface area (Å²) in [5, 5.41) is 4.29. The van der Waals surface area contributed by atoms with Gasteiger partial charge in [-0.05, 0) is 51.9 Å². The zero-order chi connectivity index (χ0) is 20.1. The van der Waals surface area contributed by atoms with Gasteiger partial charge in [0.1, 0.15) is 6.23 Å². The molecule has 3 aliphatic rings. The van der Waals surface area contributed by atoms with Crippen LogP contribution >= 0.6 is 11.3 Å². The molecule has 3 heterocycles. The van der Waals surface area contributed by atoms with E-state index in [0.717, 1.165) is 12.0 Å². The number of esters is 1. The Hall–Kier alpha value is -1.95. The maximum Gasteiger partial charge on any atom is 0.333 e. The monoisotopic (exact) mass is 409 g/mol. The van der Waals surface area contributed by atoms with Crippen molar-refractivity contribution in [1.82, 2.24) is 4.90 Å². The minimum atomic E-state index is -0.212. The Labute approximate surface area is 176 Å². The average Bonchev–Trinajstić information content (AvgIpc) is 3.41. The molecular formula is C24H27NO3S. The minimum Gasteiger partial charge on any atom is -0.463 e. The number of carbonyl (C=O) groups is 1. The second-order valence-electron chi connectivity index (χ2n) is 8.42. The third kappa shape index (κ3) is 3.07. The smallest absolute Gasteiger partial charge is 0.333 e. The summed E-state index contributed by atoms with van der Waals surface area (Å²) in [4.78, 5) is 15.0. The van der Waals surface area contributed by atoms with E-state index in [-0.39, 0.29) is 30.4 Å². The summed E-state index contributed by atoms with van der Waals surface area (Å²) in [6.07, 6.45) is 3.70. The number of carbonyl (C=O) groups excluding carboxylic acids is 1. The molecule has 4 atom stereocenters. The number of ether oxygens (including phenoxy) is 2. The Kier molecular flexibility index (Phi) is 4.85. The number of hydrogen-bond acceptors (Lipinski definition) is 5. The Morgan fingerprint density at radius 3 is 2.90 bits per heavy atom. The lowest BCUT2D eigenvalue weighted by Crippen LogP contribution is -2.39. The van der Waals surface area contributed by atoms with Crippen LogP contribution in [-0.2, 0) is 20.7 Å². The fourth-order valence-corrected chi connectivity index (χ4v) is 5.92. The molecule has 152 valence electrons. The lowest BCUT2D eigenvalue weighted by Gasteiger charge is -2.38. The maximum absolute atomic E-state index is 12.5. The van der Waals surface area contributed by atoms with Crippen LogP contribution in [0.25, 0.3) is 0 Å². The third-order valence-corrected chi connectivity index (χ3v) is 7.11. The highest BCUT2D eigenvalue weighted by atomic mass is 32.1. The van der Waals surface area contributed by atoms with Crippen LogP contribution in [-0.4, -0.2) is 29.8 Å². The zero-order valence-corrected chi connectivity index (χ0v) is 17.9. The summed E-state index contributed by atoms with van der Waals surface area (Å²) in [5.74, 6) is 0.258. The topological polar surface area (TPSA) is 38.8 Å². The van der Waals surface area contributed by atoms with E-state index in [1.807, 2.05) is 6.92 Å². The van der Waals surface area contributed by atoms with E-state index in [0.29, 0.717) is 18.9 Å². The van der Waals surface area contributed by atoms with Gasteiger partial charge in [0.25, 0.3) is 0 Å². The molecule has 0 spiro atoms. The van der Waals surface area contributed by atoms with Gasteiger partial charge >= 0.3 is 5.97 Å². The lowest BCUT2D eigenvalue weighted by molar-refractivity contribution is -0.139. The van der Waals surface area contributed by atoms with Gasteiger partial charge < -0.3 is 9.47 Å². The van der Waals surface area contributed by atoms with Gasteiger partial charge in [0.05, 0.1) is 24.8 Å². The van der Waals surface area contributed by atoms with Crippen LogP contribution in [0.5, 0.6) is 0 Å². The number of benzene rings is 1. The molecule has 2 aliphatic heterocycles. The molecule has 0 unspecified atom stereocenters. The Morgan fingerprint density at radius 2 is 2.17 bits per heavy atom. The molecule has 5 heteroatoms. The lowest BCUT2D eigenvalue weighted by atomic mass is 9.89. The first-order chi connectivity index (χ1) is 14.1. The zero-order valence-electron chi connectivity index (χ0n) is 17.1. The maximum atomic E-state index is 12.5. The summed E-state index contributed by atoms with van der Waals surface area (Å²) >= 11 is 1.69. The number of rotatable bonds is 4. The van der Waals surface area contributed by atoms with Crippen molar-refractivity contribution in [2.75, 3.05) is 6.61 Å². The molecule has 1 aliphatic carbocycles. The molecule has 1 saturated heterocycles. The van der Waals surface area contributed by atoms with Crippen LogP contribution in [0.3, 0.4) is 0 Å². The van der Waals surface area contributed by atoms with Crippen molar-refractivity contribution in [2.24, 2.45) is 0 Å². The number of hydrogen-bond donors (Lipinski definition) is 0. The fraction of sp³-hybridized carbons (Fsp3) is 0.458. The van der Waals surface area contributed by atoms with Crippen molar-refractivity contribution in [2.45, 2.75) is 63.9 Å². The molecule has 0 amide bonds. The van der Waals surface area contributed by atoms with Crippen molar-refractivity contribution in [3.63, 3.8) is 0 Å². The van der Waals surface area contributed by atoms with Crippen LogP contribution in [0, 0.1) is 0 Å². The molecule has 5 rings (SSSR count). The Balaban J connectivity index is 1.60. The quantitative estimate of drug-likeness (QED) is 0.656. The molecule has 29 heavy (non-hydrogen) atoms. The van der Waals surface area contributed by atoms with Crippen LogP contribution in [0.4, 0.5) is 0 Å². The average molecular weight is 410 g/mol. The van der Waals surface area contributed by atoms with Crippen LogP contribution < -0.4 is 0 Å². The van der Waals surface area contributed by atoms with Crippen molar-refractivity contribution in [1.29, 1.82) is 0 Å². The first-order valence-corrected chi connectivity index (χ1v) is 11.5. The predicted molar refractivity (Wildman–Crippen MR) is 114 cm³/mol. The summed E-state index contributed by atoms with van der Waals surface area (Å²) in [5.41, 5.74) is 6.24. The second kappa shape index (κ2) is 7.38. The SMILES string of the molecule is CCOC(=O)C1=C[C@@H](c2ccsc2)N2[C@@H](C1)O[C@@H]1Cc3cccc(C(C)C)c3[C@@H]12.